The number of nitriles is 2. The average molecular weight is 211 g/mol. The lowest BCUT2D eigenvalue weighted by atomic mass is 10.2. The Kier molecular flexibility index (Phi) is 2.27. The summed E-state index contributed by atoms with van der Waals surface area (Å²) >= 11 is 0. The summed E-state index contributed by atoms with van der Waals surface area (Å²) in [5.41, 5.74) is 1.92. The molecule has 1 aromatic rings. The van der Waals surface area contributed by atoms with E-state index in [-0.39, 0.29) is 5.57 Å². The van der Waals surface area contributed by atoms with Crippen molar-refractivity contribution in [1.82, 2.24) is 0 Å². The van der Waals surface area contributed by atoms with E-state index in [0.717, 1.165) is 11.3 Å². The summed E-state index contributed by atoms with van der Waals surface area (Å²) in [6, 6.07) is 9.40. The van der Waals surface area contributed by atoms with Crippen molar-refractivity contribution in [1.29, 1.82) is 10.5 Å². The number of benzene rings is 1. The lowest BCUT2D eigenvalue weighted by Gasteiger charge is -2.10. The number of anilines is 1. The van der Waals surface area contributed by atoms with Gasteiger partial charge < -0.3 is 9.64 Å². The molecule has 0 atom stereocenters. The minimum Gasteiger partial charge on any atom is -0.436 e. The van der Waals surface area contributed by atoms with Crippen LogP contribution < -0.4 is 9.64 Å². The van der Waals surface area contributed by atoms with Gasteiger partial charge in [-0.1, -0.05) is 6.07 Å². The number of allylic oxidation sites excluding steroid dienone is 1. The highest BCUT2D eigenvalue weighted by Crippen LogP contribution is 2.39. The summed E-state index contributed by atoms with van der Waals surface area (Å²) in [7, 11) is 1.77. The van der Waals surface area contributed by atoms with Crippen LogP contribution in [0, 0.1) is 29.6 Å². The zero-order valence-electron chi connectivity index (χ0n) is 8.98. The molecule has 0 amide bonds. The Hall–Kier alpha value is -2.46. The first-order valence-electron chi connectivity index (χ1n) is 4.74. The van der Waals surface area contributed by atoms with Gasteiger partial charge in [-0.3, -0.25) is 0 Å². The van der Waals surface area contributed by atoms with E-state index in [0.29, 0.717) is 11.6 Å². The number of nitrogens with zero attached hydrogens (tertiary/aromatic N) is 3. The van der Waals surface area contributed by atoms with Gasteiger partial charge >= 0.3 is 0 Å². The van der Waals surface area contributed by atoms with E-state index in [1.807, 2.05) is 37.3 Å². The number of aryl methyl sites for hydroxylation is 1. The molecule has 0 bridgehead atoms. The molecule has 1 heterocycles. The van der Waals surface area contributed by atoms with Crippen molar-refractivity contribution in [2.45, 2.75) is 6.92 Å². The van der Waals surface area contributed by atoms with Crippen LogP contribution in [0.4, 0.5) is 5.69 Å². The number of rotatable bonds is 0. The second kappa shape index (κ2) is 3.60. The molecule has 2 rings (SSSR count). The molecule has 1 aromatic carbocycles. The summed E-state index contributed by atoms with van der Waals surface area (Å²) in [6.45, 7) is 1.96. The van der Waals surface area contributed by atoms with Crippen molar-refractivity contribution in [3.63, 3.8) is 0 Å². The van der Waals surface area contributed by atoms with Crippen molar-refractivity contribution >= 4 is 5.69 Å². The van der Waals surface area contributed by atoms with E-state index >= 15 is 0 Å². The molecule has 0 saturated heterocycles. The molecule has 0 unspecified atom stereocenters. The smallest absolute Gasteiger partial charge is 0.229 e. The van der Waals surface area contributed by atoms with E-state index in [4.69, 9.17) is 15.3 Å². The molecule has 78 valence electrons. The highest BCUT2D eigenvalue weighted by Gasteiger charge is 2.26. The van der Waals surface area contributed by atoms with Crippen LogP contribution in [0.15, 0.2) is 29.7 Å². The maximum absolute atomic E-state index is 8.80. The van der Waals surface area contributed by atoms with Gasteiger partial charge in [0.1, 0.15) is 12.1 Å². The van der Waals surface area contributed by atoms with Gasteiger partial charge in [-0.2, -0.15) is 10.5 Å². The molecule has 0 aromatic heterocycles. The monoisotopic (exact) mass is 211 g/mol. The van der Waals surface area contributed by atoms with E-state index < -0.39 is 0 Å². The van der Waals surface area contributed by atoms with Crippen molar-refractivity contribution < 1.29 is 4.74 Å². The number of hydrogen-bond donors (Lipinski definition) is 0. The first kappa shape index (κ1) is 10.1. The standard InChI is InChI=1S/C12H9N3O/c1-8-3-4-10-11(5-8)16-12(15(10)2)9(6-13)7-14/h3-5H,1-2H3. The SMILES string of the molecule is Cc1ccc2c(c1)OC(=C(C#N)C#N)N2C. The van der Waals surface area contributed by atoms with Gasteiger partial charge in [0.2, 0.25) is 5.88 Å². The van der Waals surface area contributed by atoms with E-state index in [9.17, 15) is 0 Å². The number of hydrogen-bond acceptors (Lipinski definition) is 4. The predicted octanol–water partition coefficient (Wildman–Crippen LogP) is 2.08. The van der Waals surface area contributed by atoms with E-state index in [1.54, 1.807) is 11.9 Å². The molecule has 0 spiro atoms. The maximum Gasteiger partial charge on any atom is 0.229 e. The first-order chi connectivity index (χ1) is 7.67. The minimum absolute atomic E-state index is 0.0173. The Bertz CT molecular complexity index is 545. The molecule has 4 heteroatoms. The van der Waals surface area contributed by atoms with Crippen LogP contribution in [0.2, 0.25) is 0 Å². The van der Waals surface area contributed by atoms with Gasteiger partial charge in [0.05, 0.1) is 5.69 Å². The highest BCUT2D eigenvalue weighted by molar-refractivity contribution is 5.68. The Labute approximate surface area is 93.6 Å². The summed E-state index contributed by atoms with van der Waals surface area (Å²) < 4.78 is 5.50. The molecular weight excluding hydrogens is 202 g/mol. The third kappa shape index (κ3) is 1.37. The summed E-state index contributed by atoms with van der Waals surface area (Å²) in [4.78, 5) is 1.70. The van der Waals surface area contributed by atoms with Crippen LogP contribution in [0.1, 0.15) is 5.56 Å². The zero-order valence-corrected chi connectivity index (χ0v) is 8.98. The fourth-order valence-corrected chi connectivity index (χ4v) is 1.60. The molecule has 0 saturated carbocycles. The second-order valence-corrected chi connectivity index (χ2v) is 3.54. The van der Waals surface area contributed by atoms with Crippen molar-refractivity contribution in [2.75, 3.05) is 11.9 Å². The molecule has 4 nitrogen and oxygen atoms in total. The normalized spacial score (nSPS) is 12.5. The van der Waals surface area contributed by atoms with Crippen LogP contribution in [-0.4, -0.2) is 7.05 Å². The molecule has 1 aliphatic heterocycles. The van der Waals surface area contributed by atoms with E-state index in [1.165, 1.54) is 0 Å². The van der Waals surface area contributed by atoms with Crippen molar-refractivity contribution in [2.24, 2.45) is 0 Å². The van der Waals surface area contributed by atoms with Gasteiger partial charge in [0.15, 0.2) is 11.3 Å². The number of fused-ring (bicyclic) bond motifs is 1. The molecule has 0 radical (unpaired) electrons. The molecule has 0 fully saturated rings. The van der Waals surface area contributed by atoms with Crippen LogP contribution in [0.25, 0.3) is 0 Å². The fourth-order valence-electron chi connectivity index (χ4n) is 1.60. The van der Waals surface area contributed by atoms with Crippen molar-refractivity contribution in [3.05, 3.63) is 35.2 Å². The lowest BCUT2D eigenvalue weighted by molar-refractivity contribution is 0.441. The average Bonchev–Trinajstić information content (AvgIpc) is 2.58. The fraction of sp³-hybridized carbons (Fsp3) is 0.167. The highest BCUT2D eigenvalue weighted by atomic mass is 16.5. The van der Waals surface area contributed by atoms with Gasteiger partial charge in [-0.25, -0.2) is 0 Å². The van der Waals surface area contributed by atoms with Gasteiger partial charge in [-0.05, 0) is 24.6 Å². The topological polar surface area (TPSA) is 60.0 Å². The first-order valence-corrected chi connectivity index (χ1v) is 4.74. The molecule has 0 N–H and O–H groups in total. The van der Waals surface area contributed by atoms with Crippen LogP contribution in [0.3, 0.4) is 0 Å². The molecule has 0 aliphatic carbocycles. The third-order valence-corrected chi connectivity index (χ3v) is 2.43. The Morgan fingerprint density at radius 3 is 2.62 bits per heavy atom. The molecule has 1 aliphatic rings. The Balaban J connectivity index is 2.55. The lowest BCUT2D eigenvalue weighted by Crippen LogP contribution is -2.15. The predicted molar refractivity (Wildman–Crippen MR) is 58.5 cm³/mol. The summed E-state index contributed by atoms with van der Waals surface area (Å²) in [5, 5.41) is 17.6. The number of ether oxygens (including phenoxy) is 1. The van der Waals surface area contributed by atoms with Crippen molar-refractivity contribution in [3.8, 4) is 17.9 Å². The Morgan fingerprint density at radius 1 is 1.31 bits per heavy atom. The molecular formula is C12H9N3O. The quantitative estimate of drug-likeness (QED) is 0.616. The Morgan fingerprint density at radius 2 is 2.00 bits per heavy atom. The van der Waals surface area contributed by atoms with Crippen LogP contribution >= 0.6 is 0 Å². The van der Waals surface area contributed by atoms with Gasteiger partial charge in [0, 0.05) is 7.05 Å². The maximum atomic E-state index is 8.80. The van der Waals surface area contributed by atoms with E-state index in [2.05, 4.69) is 0 Å². The summed E-state index contributed by atoms with van der Waals surface area (Å²) in [6.07, 6.45) is 0. The third-order valence-electron chi connectivity index (χ3n) is 2.43. The van der Waals surface area contributed by atoms with Crippen LogP contribution in [-0.2, 0) is 0 Å². The second-order valence-electron chi connectivity index (χ2n) is 3.54. The van der Waals surface area contributed by atoms with Crippen LogP contribution in [0.5, 0.6) is 5.75 Å². The minimum atomic E-state index is -0.0173. The molecule has 16 heavy (non-hydrogen) atoms. The van der Waals surface area contributed by atoms with Gasteiger partial charge in [-0.15, -0.1) is 0 Å². The largest absolute Gasteiger partial charge is 0.436 e. The zero-order chi connectivity index (χ0) is 11.7. The van der Waals surface area contributed by atoms with Gasteiger partial charge in [0.25, 0.3) is 0 Å². The summed E-state index contributed by atoms with van der Waals surface area (Å²) in [5.74, 6) is 0.978.